The predicted molar refractivity (Wildman–Crippen MR) is 49.5 cm³/mol. The lowest BCUT2D eigenvalue weighted by molar-refractivity contribution is 0.427. The van der Waals surface area contributed by atoms with Crippen molar-refractivity contribution >= 4 is 11.6 Å². The van der Waals surface area contributed by atoms with Crippen LogP contribution in [0.2, 0.25) is 5.15 Å². The molecule has 0 saturated heterocycles. The Bertz CT molecular complexity index is 408. The van der Waals surface area contributed by atoms with Gasteiger partial charge in [0.15, 0.2) is 5.76 Å². The summed E-state index contributed by atoms with van der Waals surface area (Å²) < 4.78 is 5.06. The number of halogens is 1. The van der Waals surface area contributed by atoms with Crippen LogP contribution < -0.4 is 0 Å². The molecule has 0 aromatic carbocycles. The Hall–Kier alpha value is -1.35. The van der Waals surface area contributed by atoms with Crippen LogP contribution in [-0.2, 0) is 0 Å². The van der Waals surface area contributed by atoms with Gasteiger partial charge in [0, 0.05) is 17.8 Å². The van der Waals surface area contributed by atoms with E-state index in [1.807, 2.05) is 19.1 Å². The van der Waals surface area contributed by atoms with Crippen LogP contribution in [0, 0.1) is 6.92 Å². The molecule has 0 spiro atoms. The molecule has 0 radical (unpaired) electrons. The van der Waals surface area contributed by atoms with Crippen molar-refractivity contribution in [2.75, 3.05) is 0 Å². The Balaban J connectivity index is 2.41. The first-order chi connectivity index (χ1) is 6.25. The maximum Gasteiger partial charge on any atom is 0.168 e. The molecule has 0 fully saturated rings. The monoisotopic (exact) mass is 194 g/mol. The van der Waals surface area contributed by atoms with Crippen molar-refractivity contribution in [2.24, 2.45) is 0 Å². The third kappa shape index (κ3) is 1.70. The lowest BCUT2D eigenvalue weighted by atomic mass is 10.2. The molecule has 0 aliphatic rings. The van der Waals surface area contributed by atoms with E-state index >= 15 is 0 Å². The second-order valence-electron chi connectivity index (χ2n) is 2.70. The first-order valence-corrected chi connectivity index (χ1v) is 4.19. The van der Waals surface area contributed by atoms with Crippen molar-refractivity contribution in [1.29, 1.82) is 0 Å². The molecule has 2 aromatic heterocycles. The van der Waals surface area contributed by atoms with Crippen molar-refractivity contribution in [3.63, 3.8) is 0 Å². The fourth-order valence-electron chi connectivity index (χ4n) is 1.02. The van der Waals surface area contributed by atoms with E-state index in [2.05, 4.69) is 10.1 Å². The van der Waals surface area contributed by atoms with E-state index in [1.165, 1.54) is 0 Å². The largest absolute Gasteiger partial charge is 0.356 e. The summed E-state index contributed by atoms with van der Waals surface area (Å²) in [5.74, 6) is 0.710. The van der Waals surface area contributed by atoms with Crippen LogP contribution in [0.1, 0.15) is 5.69 Å². The van der Waals surface area contributed by atoms with Gasteiger partial charge in [0.1, 0.15) is 5.15 Å². The summed E-state index contributed by atoms with van der Waals surface area (Å²) in [5, 5.41) is 4.25. The van der Waals surface area contributed by atoms with Gasteiger partial charge in [-0.05, 0) is 19.1 Å². The van der Waals surface area contributed by atoms with Gasteiger partial charge < -0.3 is 4.52 Å². The van der Waals surface area contributed by atoms with Gasteiger partial charge in [-0.3, -0.25) is 0 Å². The van der Waals surface area contributed by atoms with Crippen LogP contribution in [0.15, 0.2) is 28.9 Å². The minimum Gasteiger partial charge on any atom is -0.356 e. The Morgan fingerprint density at radius 1 is 1.38 bits per heavy atom. The summed E-state index contributed by atoms with van der Waals surface area (Å²) in [4.78, 5) is 3.94. The molecule has 0 aliphatic carbocycles. The van der Waals surface area contributed by atoms with Gasteiger partial charge in [0.25, 0.3) is 0 Å². The number of nitrogens with zero attached hydrogens (tertiary/aromatic N) is 2. The van der Waals surface area contributed by atoms with Gasteiger partial charge in [0.05, 0.1) is 5.69 Å². The molecule has 0 aliphatic heterocycles. The molecule has 2 heterocycles. The number of pyridine rings is 1. The van der Waals surface area contributed by atoms with E-state index in [0.717, 1.165) is 11.3 Å². The Morgan fingerprint density at radius 2 is 2.23 bits per heavy atom. The van der Waals surface area contributed by atoms with Gasteiger partial charge in [-0.15, -0.1) is 0 Å². The summed E-state index contributed by atoms with van der Waals surface area (Å²) >= 11 is 5.65. The molecule has 0 unspecified atom stereocenters. The van der Waals surface area contributed by atoms with Crippen LogP contribution in [0.5, 0.6) is 0 Å². The number of aromatic nitrogens is 2. The third-order valence-electron chi connectivity index (χ3n) is 1.64. The lowest BCUT2D eigenvalue weighted by Crippen LogP contribution is -1.76. The molecule has 0 bridgehead atoms. The van der Waals surface area contributed by atoms with Crippen molar-refractivity contribution in [3.8, 4) is 11.3 Å². The maximum absolute atomic E-state index is 5.65. The molecular weight excluding hydrogens is 188 g/mol. The van der Waals surface area contributed by atoms with E-state index in [1.54, 1.807) is 12.3 Å². The van der Waals surface area contributed by atoms with Crippen molar-refractivity contribution < 1.29 is 4.52 Å². The third-order valence-corrected chi connectivity index (χ3v) is 1.86. The fourth-order valence-corrected chi connectivity index (χ4v) is 1.13. The number of rotatable bonds is 1. The van der Waals surface area contributed by atoms with Crippen LogP contribution in [0.3, 0.4) is 0 Å². The van der Waals surface area contributed by atoms with E-state index in [9.17, 15) is 0 Å². The first-order valence-electron chi connectivity index (χ1n) is 3.81. The maximum atomic E-state index is 5.65. The number of hydrogen-bond acceptors (Lipinski definition) is 3. The molecule has 66 valence electrons. The number of aryl methyl sites for hydroxylation is 1. The Morgan fingerprint density at radius 3 is 2.77 bits per heavy atom. The van der Waals surface area contributed by atoms with Gasteiger partial charge in [-0.2, -0.15) is 0 Å². The highest BCUT2D eigenvalue weighted by atomic mass is 35.5. The predicted octanol–water partition coefficient (Wildman–Crippen LogP) is 2.70. The van der Waals surface area contributed by atoms with E-state index in [0.29, 0.717) is 10.9 Å². The van der Waals surface area contributed by atoms with Gasteiger partial charge in [-0.25, -0.2) is 4.98 Å². The van der Waals surface area contributed by atoms with Gasteiger partial charge in [-0.1, -0.05) is 16.8 Å². The van der Waals surface area contributed by atoms with E-state index < -0.39 is 0 Å². The zero-order chi connectivity index (χ0) is 9.26. The quantitative estimate of drug-likeness (QED) is 0.656. The molecular formula is C9H7ClN2O. The van der Waals surface area contributed by atoms with Crippen LogP contribution in [-0.4, -0.2) is 10.1 Å². The molecule has 0 N–H and O–H groups in total. The van der Waals surface area contributed by atoms with Crippen molar-refractivity contribution in [3.05, 3.63) is 35.2 Å². The van der Waals surface area contributed by atoms with Crippen LogP contribution >= 0.6 is 11.6 Å². The fraction of sp³-hybridized carbons (Fsp3) is 0.111. The second-order valence-corrected chi connectivity index (χ2v) is 3.09. The molecule has 0 amide bonds. The Kier molecular flexibility index (Phi) is 2.02. The summed E-state index contributed by atoms with van der Waals surface area (Å²) in [6.45, 7) is 1.87. The second kappa shape index (κ2) is 3.18. The summed E-state index contributed by atoms with van der Waals surface area (Å²) in [5.41, 5.74) is 1.73. The zero-order valence-corrected chi connectivity index (χ0v) is 7.75. The summed E-state index contributed by atoms with van der Waals surface area (Å²) in [7, 11) is 0. The standard InChI is InChI=1S/C9H7ClN2O/c1-6-4-8(13-12-6)7-2-3-9(10)11-5-7/h2-5H,1H3. The summed E-state index contributed by atoms with van der Waals surface area (Å²) in [6.07, 6.45) is 1.66. The average molecular weight is 195 g/mol. The van der Waals surface area contributed by atoms with Crippen LogP contribution in [0.4, 0.5) is 0 Å². The highest BCUT2D eigenvalue weighted by Gasteiger charge is 2.03. The Labute approximate surface area is 80.3 Å². The smallest absolute Gasteiger partial charge is 0.168 e. The van der Waals surface area contributed by atoms with Crippen molar-refractivity contribution in [2.45, 2.75) is 6.92 Å². The molecule has 0 atom stereocenters. The normalized spacial score (nSPS) is 10.3. The minimum atomic E-state index is 0.472. The van der Waals surface area contributed by atoms with Crippen molar-refractivity contribution in [1.82, 2.24) is 10.1 Å². The van der Waals surface area contributed by atoms with Gasteiger partial charge in [0.2, 0.25) is 0 Å². The minimum absolute atomic E-state index is 0.472. The van der Waals surface area contributed by atoms with Crippen LogP contribution in [0.25, 0.3) is 11.3 Å². The average Bonchev–Trinajstić information content (AvgIpc) is 2.53. The number of hydrogen-bond donors (Lipinski definition) is 0. The van der Waals surface area contributed by atoms with Gasteiger partial charge >= 0.3 is 0 Å². The molecule has 3 nitrogen and oxygen atoms in total. The zero-order valence-electron chi connectivity index (χ0n) is 6.99. The molecule has 4 heteroatoms. The highest BCUT2D eigenvalue weighted by molar-refractivity contribution is 6.29. The molecule has 2 rings (SSSR count). The molecule has 13 heavy (non-hydrogen) atoms. The molecule has 0 saturated carbocycles. The van der Waals surface area contributed by atoms with E-state index in [4.69, 9.17) is 16.1 Å². The first kappa shape index (κ1) is 8.26. The highest BCUT2D eigenvalue weighted by Crippen LogP contribution is 2.19. The molecule has 2 aromatic rings. The summed E-state index contributed by atoms with van der Waals surface area (Å²) in [6, 6.07) is 5.41. The lowest BCUT2D eigenvalue weighted by Gasteiger charge is -1.93. The SMILES string of the molecule is Cc1cc(-c2ccc(Cl)nc2)on1. The topological polar surface area (TPSA) is 38.9 Å². The van der Waals surface area contributed by atoms with E-state index in [-0.39, 0.29) is 0 Å².